The molecule has 0 bridgehead atoms. The van der Waals surface area contributed by atoms with E-state index >= 15 is 0 Å². The fraction of sp³-hybridized carbons (Fsp3) is 0.0714. The molecule has 0 aliphatic carbocycles. The van der Waals surface area contributed by atoms with Crippen LogP contribution in [0, 0.1) is 6.92 Å². The molecule has 0 spiro atoms. The van der Waals surface area contributed by atoms with Gasteiger partial charge in [-0.15, -0.1) is 0 Å². The molecule has 0 unspecified atom stereocenters. The smallest absolute Gasteiger partial charge is 0.146 e. The number of fused-ring (bicyclic) bond motifs is 1. The average molecular weight is 223 g/mol. The van der Waals surface area contributed by atoms with Gasteiger partial charge in [-0.3, -0.25) is 4.40 Å². The first-order valence-corrected chi connectivity index (χ1v) is 5.56. The molecule has 0 fully saturated rings. The number of aryl methyl sites for hydroxylation is 1. The largest absolute Gasteiger partial charge is 0.398 e. The molecule has 3 rings (SSSR count). The lowest BCUT2D eigenvalue weighted by atomic mass is 10.2. The van der Waals surface area contributed by atoms with Crippen LogP contribution in [0.4, 0.5) is 5.69 Å². The van der Waals surface area contributed by atoms with Crippen LogP contribution in [0.1, 0.15) is 5.69 Å². The monoisotopic (exact) mass is 223 g/mol. The Morgan fingerprint density at radius 3 is 2.65 bits per heavy atom. The molecule has 2 aromatic heterocycles. The van der Waals surface area contributed by atoms with Gasteiger partial charge in [0.1, 0.15) is 5.82 Å². The van der Waals surface area contributed by atoms with E-state index in [2.05, 4.69) is 15.5 Å². The number of rotatable bonds is 1. The van der Waals surface area contributed by atoms with Crippen molar-refractivity contribution in [2.75, 3.05) is 5.73 Å². The van der Waals surface area contributed by atoms with Crippen LogP contribution >= 0.6 is 0 Å². The quantitative estimate of drug-likeness (QED) is 0.644. The van der Waals surface area contributed by atoms with E-state index in [0.717, 1.165) is 28.3 Å². The Bertz CT molecular complexity index is 683. The van der Waals surface area contributed by atoms with Crippen LogP contribution in [0.25, 0.3) is 16.9 Å². The first-order chi connectivity index (χ1) is 8.27. The second-order valence-electron chi connectivity index (χ2n) is 4.06. The molecule has 84 valence electrons. The fourth-order valence-electron chi connectivity index (χ4n) is 2.08. The first kappa shape index (κ1) is 9.90. The van der Waals surface area contributed by atoms with Crippen LogP contribution in [-0.2, 0) is 0 Å². The molecule has 17 heavy (non-hydrogen) atoms. The van der Waals surface area contributed by atoms with Gasteiger partial charge in [-0.05, 0) is 31.2 Å². The van der Waals surface area contributed by atoms with Gasteiger partial charge in [0.25, 0.3) is 0 Å². The van der Waals surface area contributed by atoms with Gasteiger partial charge in [-0.2, -0.15) is 0 Å². The number of aromatic nitrogens is 2. The summed E-state index contributed by atoms with van der Waals surface area (Å²) in [6.45, 7) is 2.01. The summed E-state index contributed by atoms with van der Waals surface area (Å²) in [6.07, 6.45) is 2.01. The zero-order valence-corrected chi connectivity index (χ0v) is 9.59. The van der Waals surface area contributed by atoms with E-state index in [1.54, 1.807) is 0 Å². The predicted octanol–water partition coefficient (Wildman–Crippen LogP) is 2.89. The minimum atomic E-state index is 0.753. The molecule has 0 atom stereocenters. The Kier molecular flexibility index (Phi) is 2.11. The van der Waals surface area contributed by atoms with Gasteiger partial charge in [-0.25, -0.2) is 4.98 Å². The van der Waals surface area contributed by atoms with Gasteiger partial charge in [0.05, 0.1) is 11.2 Å². The molecule has 0 saturated heterocycles. The van der Waals surface area contributed by atoms with Crippen molar-refractivity contribution >= 4 is 11.2 Å². The first-order valence-electron chi connectivity index (χ1n) is 5.56. The highest BCUT2D eigenvalue weighted by Crippen LogP contribution is 2.26. The third-order valence-corrected chi connectivity index (χ3v) is 2.93. The summed E-state index contributed by atoms with van der Waals surface area (Å²) in [5.41, 5.74) is 9.86. The molecule has 3 nitrogen and oxygen atoms in total. The molecule has 1 aromatic carbocycles. The van der Waals surface area contributed by atoms with Crippen molar-refractivity contribution in [2.45, 2.75) is 6.92 Å². The van der Waals surface area contributed by atoms with Gasteiger partial charge in [0, 0.05) is 17.4 Å². The zero-order chi connectivity index (χ0) is 11.8. The molecule has 0 saturated carbocycles. The summed E-state index contributed by atoms with van der Waals surface area (Å²) in [7, 11) is 0. The van der Waals surface area contributed by atoms with Crippen molar-refractivity contribution in [3.8, 4) is 11.4 Å². The van der Waals surface area contributed by atoms with Gasteiger partial charge >= 0.3 is 0 Å². The predicted molar refractivity (Wildman–Crippen MR) is 69.8 cm³/mol. The molecule has 3 heteroatoms. The SMILES string of the molecule is Cc1nc(-c2ccccc2N)n2ccccc12. The lowest BCUT2D eigenvalue weighted by molar-refractivity contribution is 1.16. The summed E-state index contributed by atoms with van der Waals surface area (Å²) in [6, 6.07) is 13.9. The number of hydrogen-bond donors (Lipinski definition) is 1. The molecule has 0 aliphatic rings. The topological polar surface area (TPSA) is 43.3 Å². The number of benzene rings is 1. The van der Waals surface area contributed by atoms with Gasteiger partial charge < -0.3 is 5.73 Å². The third kappa shape index (κ3) is 1.47. The van der Waals surface area contributed by atoms with Crippen LogP contribution in [0.5, 0.6) is 0 Å². The third-order valence-electron chi connectivity index (χ3n) is 2.93. The maximum atomic E-state index is 6.00. The Hall–Kier alpha value is -2.29. The number of pyridine rings is 1. The summed E-state index contributed by atoms with van der Waals surface area (Å²) in [5.74, 6) is 0.899. The second kappa shape index (κ2) is 3.63. The Morgan fingerprint density at radius 1 is 1.06 bits per heavy atom. The summed E-state index contributed by atoms with van der Waals surface area (Å²) in [4.78, 5) is 4.60. The van der Waals surface area contributed by atoms with Crippen molar-refractivity contribution in [2.24, 2.45) is 0 Å². The lowest BCUT2D eigenvalue weighted by Crippen LogP contribution is -1.93. The van der Waals surface area contributed by atoms with Gasteiger partial charge in [0.15, 0.2) is 0 Å². The Morgan fingerprint density at radius 2 is 1.82 bits per heavy atom. The summed E-state index contributed by atoms with van der Waals surface area (Å²) < 4.78 is 2.07. The van der Waals surface area contributed by atoms with E-state index in [1.165, 1.54) is 0 Å². The fourth-order valence-corrected chi connectivity index (χ4v) is 2.08. The van der Waals surface area contributed by atoms with Crippen molar-refractivity contribution < 1.29 is 0 Å². The van der Waals surface area contributed by atoms with E-state index in [9.17, 15) is 0 Å². The van der Waals surface area contributed by atoms with Crippen LogP contribution in [0.3, 0.4) is 0 Å². The van der Waals surface area contributed by atoms with E-state index in [0.29, 0.717) is 0 Å². The van der Waals surface area contributed by atoms with Crippen LogP contribution < -0.4 is 5.73 Å². The molecule has 0 aliphatic heterocycles. The molecule has 3 aromatic rings. The van der Waals surface area contributed by atoms with Gasteiger partial charge in [-0.1, -0.05) is 18.2 Å². The second-order valence-corrected chi connectivity index (χ2v) is 4.06. The van der Waals surface area contributed by atoms with Crippen molar-refractivity contribution in [3.63, 3.8) is 0 Å². The summed E-state index contributed by atoms with van der Waals surface area (Å²) in [5, 5.41) is 0. The Labute approximate surface area is 99.5 Å². The van der Waals surface area contributed by atoms with Crippen LogP contribution in [0.2, 0.25) is 0 Å². The molecule has 0 radical (unpaired) electrons. The van der Waals surface area contributed by atoms with Gasteiger partial charge in [0.2, 0.25) is 0 Å². The summed E-state index contributed by atoms with van der Waals surface area (Å²) >= 11 is 0. The molecule has 2 N–H and O–H groups in total. The number of nitrogen functional groups attached to an aromatic ring is 1. The highest BCUT2D eigenvalue weighted by molar-refractivity contribution is 5.74. The maximum absolute atomic E-state index is 6.00. The maximum Gasteiger partial charge on any atom is 0.146 e. The van der Waals surface area contributed by atoms with E-state index in [4.69, 9.17) is 5.73 Å². The molecular formula is C14H13N3. The zero-order valence-electron chi connectivity index (χ0n) is 9.59. The number of nitrogens with two attached hydrogens (primary N) is 1. The lowest BCUT2D eigenvalue weighted by Gasteiger charge is -2.04. The number of para-hydroxylation sites is 1. The normalized spacial score (nSPS) is 10.9. The van der Waals surface area contributed by atoms with E-state index < -0.39 is 0 Å². The van der Waals surface area contributed by atoms with E-state index in [-0.39, 0.29) is 0 Å². The van der Waals surface area contributed by atoms with Crippen LogP contribution in [0.15, 0.2) is 48.7 Å². The highest BCUT2D eigenvalue weighted by atomic mass is 15.0. The standard InChI is InChI=1S/C14H13N3/c1-10-13-8-4-5-9-17(13)14(16-10)11-6-2-3-7-12(11)15/h2-9H,15H2,1H3. The molecule has 2 heterocycles. The molecule has 0 amide bonds. The van der Waals surface area contributed by atoms with Crippen molar-refractivity contribution in [3.05, 3.63) is 54.4 Å². The van der Waals surface area contributed by atoms with Crippen molar-refractivity contribution in [1.29, 1.82) is 0 Å². The average Bonchev–Trinajstić information content (AvgIpc) is 2.68. The Balaban J connectivity index is 2.35. The minimum Gasteiger partial charge on any atom is -0.398 e. The van der Waals surface area contributed by atoms with Crippen molar-refractivity contribution in [1.82, 2.24) is 9.38 Å². The number of hydrogen-bond acceptors (Lipinski definition) is 2. The minimum absolute atomic E-state index is 0.753. The number of imidazole rings is 1. The number of nitrogens with zero attached hydrogens (tertiary/aromatic N) is 2. The molecular weight excluding hydrogens is 210 g/mol. The highest BCUT2D eigenvalue weighted by Gasteiger charge is 2.10. The number of anilines is 1. The van der Waals surface area contributed by atoms with Crippen LogP contribution in [-0.4, -0.2) is 9.38 Å². The van der Waals surface area contributed by atoms with E-state index in [1.807, 2.05) is 49.5 Å².